The van der Waals surface area contributed by atoms with Gasteiger partial charge in [0.05, 0.1) is 29.3 Å². The van der Waals surface area contributed by atoms with Gasteiger partial charge < -0.3 is 0 Å². The maximum absolute atomic E-state index is 4.59. The molecule has 0 radical (unpaired) electrons. The topological polar surface area (TPSA) is 56.5 Å². The highest BCUT2D eigenvalue weighted by molar-refractivity contribution is 7.21. The summed E-state index contributed by atoms with van der Waals surface area (Å²) in [6, 6.07) is 7.86. The third-order valence-corrected chi connectivity index (χ3v) is 4.21. The molecule has 0 unspecified atom stereocenters. The molecule has 0 aliphatic carbocycles. The smallest absolute Gasteiger partial charge is 0.127 e. The van der Waals surface area contributed by atoms with E-state index in [-0.39, 0.29) is 0 Å². The lowest BCUT2D eigenvalue weighted by Crippen LogP contribution is -2.01. The van der Waals surface area contributed by atoms with E-state index in [4.69, 9.17) is 0 Å². The fraction of sp³-hybridized carbons (Fsp3) is 0.0667. The predicted octanol–water partition coefficient (Wildman–Crippen LogP) is 3.00. The van der Waals surface area contributed by atoms with Crippen molar-refractivity contribution >= 4 is 21.6 Å². The first-order valence-corrected chi connectivity index (χ1v) is 7.33. The lowest BCUT2D eigenvalue weighted by molar-refractivity contribution is 0.673. The highest BCUT2D eigenvalue weighted by Crippen LogP contribution is 2.29. The third kappa shape index (κ3) is 2.41. The number of pyridine rings is 2. The van der Waals surface area contributed by atoms with Crippen molar-refractivity contribution in [3.05, 3.63) is 60.9 Å². The number of nitrogens with zero attached hydrogens (tertiary/aromatic N) is 5. The van der Waals surface area contributed by atoms with Gasteiger partial charge in [0.2, 0.25) is 0 Å². The Bertz CT molecular complexity index is 848. The van der Waals surface area contributed by atoms with Crippen molar-refractivity contribution in [1.29, 1.82) is 0 Å². The molecule has 0 aliphatic heterocycles. The molecule has 0 spiro atoms. The second-order valence-corrected chi connectivity index (χ2v) is 5.64. The summed E-state index contributed by atoms with van der Waals surface area (Å²) in [5, 5.41) is 5.35. The van der Waals surface area contributed by atoms with Crippen LogP contribution in [0.5, 0.6) is 0 Å². The summed E-state index contributed by atoms with van der Waals surface area (Å²) < 4.78 is 3.01. The van der Waals surface area contributed by atoms with E-state index in [1.807, 2.05) is 41.3 Å². The van der Waals surface area contributed by atoms with Gasteiger partial charge in [0.25, 0.3) is 0 Å². The molecule has 6 heteroatoms. The Morgan fingerprint density at radius 3 is 2.95 bits per heavy atom. The van der Waals surface area contributed by atoms with Crippen LogP contribution < -0.4 is 0 Å². The summed E-state index contributed by atoms with van der Waals surface area (Å²) in [6.07, 6.45) is 9.20. The van der Waals surface area contributed by atoms with Crippen molar-refractivity contribution in [3.8, 4) is 10.6 Å². The zero-order valence-corrected chi connectivity index (χ0v) is 11.9. The fourth-order valence-electron chi connectivity index (χ4n) is 2.12. The summed E-state index contributed by atoms with van der Waals surface area (Å²) in [7, 11) is 0. The van der Waals surface area contributed by atoms with E-state index >= 15 is 0 Å². The van der Waals surface area contributed by atoms with Crippen LogP contribution in [0.1, 0.15) is 5.69 Å². The largest absolute Gasteiger partial charge is 0.266 e. The molecule has 0 aromatic carbocycles. The molecule has 0 amide bonds. The minimum atomic E-state index is 0.660. The SMILES string of the molecule is c1ccc(Cn2cc(-c3nc4cnccc4s3)cn2)nc1. The molecular formula is C15H11N5S. The van der Waals surface area contributed by atoms with E-state index in [9.17, 15) is 0 Å². The van der Waals surface area contributed by atoms with Gasteiger partial charge in [-0.2, -0.15) is 5.10 Å². The second kappa shape index (κ2) is 5.06. The van der Waals surface area contributed by atoms with Crippen molar-refractivity contribution in [2.24, 2.45) is 0 Å². The van der Waals surface area contributed by atoms with Crippen LogP contribution in [-0.4, -0.2) is 24.7 Å². The molecule has 0 atom stereocenters. The van der Waals surface area contributed by atoms with Gasteiger partial charge >= 0.3 is 0 Å². The molecule has 21 heavy (non-hydrogen) atoms. The summed E-state index contributed by atoms with van der Waals surface area (Å²) in [5.41, 5.74) is 2.93. The van der Waals surface area contributed by atoms with Crippen molar-refractivity contribution in [3.63, 3.8) is 0 Å². The Morgan fingerprint density at radius 2 is 2.10 bits per heavy atom. The fourth-order valence-corrected chi connectivity index (χ4v) is 3.03. The Kier molecular flexibility index (Phi) is 2.93. The first-order chi connectivity index (χ1) is 10.4. The van der Waals surface area contributed by atoms with Crippen LogP contribution in [0.15, 0.2) is 55.2 Å². The van der Waals surface area contributed by atoms with Crippen LogP contribution in [0, 0.1) is 0 Å². The Labute approximate surface area is 124 Å². The average molecular weight is 293 g/mol. The summed E-state index contributed by atoms with van der Waals surface area (Å²) in [6.45, 7) is 0.660. The Morgan fingerprint density at radius 1 is 1.10 bits per heavy atom. The van der Waals surface area contributed by atoms with Crippen LogP contribution >= 0.6 is 11.3 Å². The normalized spacial score (nSPS) is 11.0. The summed E-state index contributed by atoms with van der Waals surface area (Å²) in [5.74, 6) is 0. The molecule has 0 N–H and O–H groups in total. The molecule has 0 bridgehead atoms. The van der Waals surface area contributed by atoms with Gasteiger partial charge in [0.15, 0.2) is 0 Å². The number of aromatic nitrogens is 5. The van der Waals surface area contributed by atoms with E-state index in [2.05, 4.69) is 20.1 Å². The zero-order chi connectivity index (χ0) is 14.1. The minimum Gasteiger partial charge on any atom is -0.266 e. The number of fused-ring (bicyclic) bond motifs is 1. The average Bonchev–Trinajstić information content (AvgIpc) is 3.14. The highest BCUT2D eigenvalue weighted by Gasteiger charge is 2.08. The quantitative estimate of drug-likeness (QED) is 0.582. The summed E-state index contributed by atoms with van der Waals surface area (Å²) >= 11 is 1.65. The van der Waals surface area contributed by atoms with Gasteiger partial charge in [-0.05, 0) is 18.2 Å². The molecule has 4 aromatic rings. The van der Waals surface area contributed by atoms with Gasteiger partial charge in [0, 0.05) is 24.2 Å². The van der Waals surface area contributed by atoms with E-state index in [0.29, 0.717) is 6.54 Å². The monoisotopic (exact) mass is 293 g/mol. The van der Waals surface area contributed by atoms with Crippen molar-refractivity contribution < 1.29 is 0 Å². The molecule has 102 valence electrons. The van der Waals surface area contributed by atoms with Crippen LogP contribution in [0.25, 0.3) is 20.8 Å². The van der Waals surface area contributed by atoms with Gasteiger partial charge in [0.1, 0.15) is 10.5 Å². The zero-order valence-electron chi connectivity index (χ0n) is 11.0. The van der Waals surface area contributed by atoms with Crippen molar-refractivity contribution in [1.82, 2.24) is 24.7 Å². The van der Waals surface area contributed by atoms with Crippen LogP contribution in [0.2, 0.25) is 0 Å². The van der Waals surface area contributed by atoms with Crippen molar-refractivity contribution in [2.75, 3.05) is 0 Å². The lowest BCUT2D eigenvalue weighted by Gasteiger charge is -1.99. The summed E-state index contributed by atoms with van der Waals surface area (Å²) in [4.78, 5) is 13.0. The number of thiazole rings is 1. The molecule has 0 saturated carbocycles. The molecule has 0 fully saturated rings. The Balaban J connectivity index is 1.64. The number of hydrogen-bond acceptors (Lipinski definition) is 5. The van der Waals surface area contributed by atoms with Crippen molar-refractivity contribution in [2.45, 2.75) is 6.54 Å². The minimum absolute atomic E-state index is 0.660. The maximum Gasteiger partial charge on any atom is 0.127 e. The standard InChI is InChI=1S/C15H11N5S/c1-2-5-17-12(3-1)10-20-9-11(7-18-20)15-19-13-8-16-6-4-14(13)21-15/h1-9H,10H2. The predicted molar refractivity (Wildman–Crippen MR) is 82.0 cm³/mol. The first-order valence-electron chi connectivity index (χ1n) is 6.52. The molecule has 5 nitrogen and oxygen atoms in total. The van der Waals surface area contributed by atoms with Gasteiger partial charge in [-0.25, -0.2) is 4.98 Å². The van der Waals surface area contributed by atoms with E-state index < -0.39 is 0 Å². The number of hydrogen-bond donors (Lipinski definition) is 0. The van der Waals surface area contributed by atoms with Gasteiger partial charge in [-0.3, -0.25) is 14.6 Å². The molecule has 4 heterocycles. The highest BCUT2D eigenvalue weighted by atomic mass is 32.1. The maximum atomic E-state index is 4.59. The van der Waals surface area contributed by atoms with Gasteiger partial charge in [-0.15, -0.1) is 11.3 Å². The van der Waals surface area contributed by atoms with Gasteiger partial charge in [-0.1, -0.05) is 6.07 Å². The van der Waals surface area contributed by atoms with E-state index in [1.54, 1.807) is 29.9 Å². The van der Waals surface area contributed by atoms with Crippen LogP contribution in [0.3, 0.4) is 0 Å². The molecule has 0 aliphatic rings. The van der Waals surface area contributed by atoms with Crippen LogP contribution in [0.4, 0.5) is 0 Å². The molecular weight excluding hydrogens is 282 g/mol. The number of rotatable bonds is 3. The van der Waals surface area contributed by atoms with E-state index in [0.717, 1.165) is 26.5 Å². The molecule has 4 rings (SSSR count). The first kappa shape index (κ1) is 12.2. The molecule has 4 aromatic heterocycles. The lowest BCUT2D eigenvalue weighted by atomic mass is 10.3. The van der Waals surface area contributed by atoms with E-state index in [1.165, 1.54) is 0 Å². The second-order valence-electron chi connectivity index (χ2n) is 4.61. The third-order valence-electron chi connectivity index (χ3n) is 3.12. The molecule has 0 saturated heterocycles. The van der Waals surface area contributed by atoms with Crippen LogP contribution in [-0.2, 0) is 6.54 Å². The Hall–Kier alpha value is -2.60.